The van der Waals surface area contributed by atoms with Gasteiger partial charge in [0.2, 0.25) is 0 Å². The minimum absolute atomic E-state index is 0.0171. The Kier molecular flexibility index (Phi) is 5.42. The van der Waals surface area contributed by atoms with Gasteiger partial charge in [-0.25, -0.2) is 4.98 Å². The molecule has 1 N–H and O–H groups in total. The maximum Gasteiger partial charge on any atom is 0.301 e. The fraction of sp³-hybridized carbons (Fsp3) is 0.192. The number of carbonyl (C=O) groups excluding carboxylic acids is 2. The van der Waals surface area contributed by atoms with Crippen LogP contribution in [0.5, 0.6) is 0 Å². The molecule has 8 nitrogen and oxygen atoms in total. The molecule has 0 saturated carbocycles. The molecule has 10 heteroatoms. The fourth-order valence-electron chi connectivity index (χ4n) is 4.90. The van der Waals surface area contributed by atoms with Crippen molar-refractivity contribution >= 4 is 61.2 Å². The number of hydrogen-bond donors (Lipinski definition) is 1. The first kappa shape index (κ1) is 22.6. The average Bonchev–Trinajstić information content (AvgIpc) is 3.61. The Balaban J connectivity index is 1.50. The lowest BCUT2D eigenvalue weighted by Crippen LogP contribution is -2.28. The van der Waals surface area contributed by atoms with Gasteiger partial charge in [0.15, 0.2) is 5.13 Å². The van der Waals surface area contributed by atoms with Crippen molar-refractivity contribution in [1.29, 1.82) is 0 Å². The van der Waals surface area contributed by atoms with E-state index in [1.165, 1.54) is 40.0 Å². The van der Waals surface area contributed by atoms with E-state index in [-0.39, 0.29) is 22.2 Å². The van der Waals surface area contributed by atoms with Crippen LogP contribution in [-0.2, 0) is 22.4 Å². The summed E-state index contributed by atoms with van der Waals surface area (Å²) in [5, 5.41) is 24.7. The SMILES string of the molecule is O=C1C(=O)N(c2nc3ccc([N+](=O)[O-])cc3s2)C(c2cccs2)/C1=C(\O)c1ccc2c(c1)CCCC2. The molecule has 2 aromatic carbocycles. The topological polar surface area (TPSA) is 114 Å². The van der Waals surface area contributed by atoms with Crippen molar-refractivity contribution in [2.24, 2.45) is 0 Å². The number of aliphatic hydroxyl groups excluding tert-OH is 1. The predicted octanol–water partition coefficient (Wildman–Crippen LogP) is 5.77. The van der Waals surface area contributed by atoms with Gasteiger partial charge in [-0.3, -0.25) is 24.6 Å². The number of non-ortho nitro benzene ring substituents is 1. The van der Waals surface area contributed by atoms with Crippen LogP contribution in [0.25, 0.3) is 16.0 Å². The van der Waals surface area contributed by atoms with Gasteiger partial charge < -0.3 is 5.11 Å². The number of ketones is 1. The Labute approximate surface area is 213 Å². The Hall–Kier alpha value is -3.89. The molecule has 0 bridgehead atoms. The number of Topliss-reactive ketones (excluding diaryl/α,β-unsaturated/α-hetero) is 1. The third kappa shape index (κ3) is 3.61. The Bertz CT molecular complexity index is 1590. The number of hydrogen-bond acceptors (Lipinski definition) is 8. The zero-order chi connectivity index (χ0) is 25.0. The highest BCUT2D eigenvalue weighted by Crippen LogP contribution is 2.46. The van der Waals surface area contributed by atoms with Gasteiger partial charge in [-0.05, 0) is 60.4 Å². The molecule has 1 saturated heterocycles. The summed E-state index contributed by atoms with van der Waals surface area (Å²) in [5.74, 6) is -1.78. The summed E-state index contributed by atoms with van der Waals surface area (Å²) >= 11 is 2.47. The molecule has 1 aliphatic carbocycles. The lowest BCUT2D eigenvalue weighted by molar-refractivity contribution is -0.384. The molecule has 1 unspecified atom stereocenters. The van der Waals surface area contributed by atoms with Crippen LogP contribution in [-0.4, -0.2) is 26.7 Å². The number of fused-ring (bicyclic) bond motifs is 2. The van der Waals surface area contributed by atoms with E-state index in [9.17, 15) is 24.8 Å². The highest BCUT2D eigenvalue weighted by Gasteiger charge is 2.48. The molecule has 1 aliphatic heterocycles. The first-order valence-corrected chi connectivity index (χ1v) is 13.1. The summed E-state index contributed by atoms with van der Waals surface area (Å²) in [6.45, 7) is 0. The smallest absolute Gasteiger partial charge is 0.301 e. The second-order valence-electron chi connectivity index (χ2n) is 8.78. The summed E-state index contributed by atoms with van der Waals surface area (Å²) in [4.78, 5) is 43.9. The molecule has 1 amide bonds. The molecule has 1 fully saturated rings. The van der Waals surface area contributed by atoms with E-state index < -0.39 is 22.7 Å². The monoisotopic (exact) mass is 517 g/mol. The number of carbonyl (C=O) groups is 2. The molecule has 0 spiro atoms. The van der Waals surface area contributed by atoms with E-state index in [4.69, 9.17) is 0 Å². The summed E-state index contributed by atoms with van der Waals surface area (Å²) in [7, 11) is 0. The molecule has 6 rings (SSSR count). The maximum atomic E-state index is 13.3. The zero-order valence-corrected chi connectivity index (χ0v) is 20.5. The van der Waals surface area contributed by atoms with Crippen LogP contribution in [0.2, 0.25) is 0 Å². The van der Waals surface area contributed by atoms with Crippen molar-refractivity contribution in [2.75, 3.05) is 4.90 Å². The number of thiophene rings is 1. The first-order chi connectivity index (χ1) is 17.4. The molecule has 2 aliphatic rings. The largest absolute Gasteiger partial charge is 0.507 e. The van der Waals surface area contributed by atoms with Crippen LogP contribution in [0.4, 0.5) is 10.8 Å². The summed E-state index contributed by atoms with van der Waals surface area (Å²) in [6, 6.07) is 12.8. The van der Waals surface area contributed by atoms with Crippen LogP contribution in [0.1, 0.15) is 40.5 Å². The number of nitrogens with zero attached hydrogens (tertiary/aromatic N) is 3. The van der Waals surface area contributed by atoms with Gasteiger partial charge in [-0.2, -0.15) is 0 Å². The van der Waals surface area contributed by atoms with Gasteiger partial charge in [0.25, 0.3) is 11.5 Å². The third-order valence-electron chi connectivity index (χ3n) is 6.66. The van der Waals surface area contributed by atoms with Crippen molar-refractivity contribution in [3.05, 3.63) is 91.2 Å². The number of aryl methyl sites for hydroxylation is 2. The number of aromatic nitrogens is 1. The number of nitro groups is 1. The lowest BCUT2D eigenvalue weighted by atomic mass is 9.89. The van der Waals surface area contributed by atoms with E-state index in [1.807, 2.05) is 29.6 Å². The number of amides is 1. The molecule has 0 radical (unpaired) electrons. The van der Waals surface area contributed by atoms with Gasteiger partial charge >= 0.3 is 5.91 Å². The van der Waals surface area contributed by atoms with Crippen molar-refractivity contribution in [3.8, 4) is 0 Å². The van der Waals surface area contributed by atoms with Gasteiger partial charge in [-0.1, -0.05) is 29.5 Å². The minimum atomic E-state index is -0.850. The maximum absolute atomic E-state index is 13.3. The number of aliphatic hydroxyl groups is 1. The van der Waals surface area contributed by atoms with E-state index in [1.54, 1.807) is 6.07 Å². The molecule has 1 atom stereocenters. The van der Waals surface area contributed by atoms with Gasteiger partial charge in [0, 0.05) is 22.6 Å². The minimum Gasteiger partial charge on any atom is -0.507 e. The molecular weight excluding hydrogens is 498 g/mol. The normalized spacial score (nSPS) is 19.1. The third-order valence-corrected chi connectivity index (χ3v) is 8.60. The summed E-state index contributed by atoms with van der Waals surface area (Å²) in [6.07, 6.45) is 4.11. The van der Waals surface area contributed by atoms with E-state index in [0.29, 0.717) is 20.7 Å². The number of nitro benzene ring substituents is 1. The van der Waals surface area contributed by atoms with Gasteiger partial charge in [-0.15, -0.1) is 11.3 Å². The number of thiazole rings is 1. The number of anilines is 1. The molecule has 180 valence electrons. The van der Waals surface area contributed by atoms with E-state index >= 15 is 0 Å². The molecule has 36 heavy (non-hydrogen) atoms. The zero-order valence-electron chi connectivity index (χ0n) is 18.8. The first-order valence-electron chi connectivity index (χ1n) is 11.4. The van der Waals surface area contributed by atoms with Crippen LogP contribution >= 0.6 is 22.7 Å². The van der Waals surface area contributed by atoms with Crippen LogP contribution in [0.15, 0.2) is 59.5 Å². The predicted molar refractivity (Wildman–Crippen MR) is 138 cm³/mol. The van der Waals surface area contributed by atoms with Crippen LogP contribution < -0.4 is 4.90 Å². The highest BCUT2D eigenvalue weighted by atomic mass is 32.1. The van der Waals surface area contributed by atoms with E-state index in [0.717, 1.165) is 42.6 Å². The van der Waals surface area contributed by atoms with Gasteiger partial charge in [0.05, 0.1) is 20.7 Å². The molecular formula is C26H19N3O5S2. The lowest BCUT2D eigenvalue weighted by Gasteiger charge is -2.22. The quantitative estimate of drug-likeness (QED) is 0.121. The summed E-state index contributed by atoms with van der Waals surface area (Å²) < 4.78 is 0.528. The highest BCUT2D eigenvalue weighted by molar-refractivity contribution is 7.22. The van der Waals surface area contributed by atoms with E-state index in [2.05, 4.69) is 4.98 Å². The molecule has 4 aromatic rings. The molecule has 3 heterocycles. The van der Waals surface area contributed by atoms with Crippen molar-refractivity contribution < 1.29 is 19.6 Å². The van der Waals surface area contributed by atoms with Crippen LogP contribution in [0, 0.1) is 10.1 Å². The summed E-state index contributed by atoms with van der Waals surface area (Å²) in [5.41, 5.74) is 3.33. The Morgan fingerprint density at radius 1 is 1.08 bits per heavy atom. The average molecular weight is 518 g/mol. The van der Waals surface area contributed by atoms with Gasteiger partial charge in [0.1, 0.15) is 11.8 Å². The standard InChI is InChI=1S/C26H19N3O5S2/c30-23(16-8-7-14-4-1-2-5-15(14)12-16)21-22(19-6-3-11-35-19)28(25(32)24(21)31)26-27-18-10-9-17(29(33)34)13-20(18)36-26/h3,6-13,22,30H,1-2,4-5H2/b23-21+. The van der Waals surface area contributed by atoms with Crippen LogP contribution in [0.3, 0.4) is 0 Å². The van der Waals surface area contributed by atoms with Crippen molar-refractivity contribution in [1.82, 2.24) is 4.98 Å². The molecule has 2 aromatic heterocycles. The van der Waals surface area contributed by atoms with Crippen molar-refractivity contribution in [2.45, 2.75) is 31.7 Å². The Morgan fingerprint density at radius 3 is 2.64 bits per heavy atom. The Morgan fingerprint density at radius 2 is 1.89 bits per heavy atom. The fourth-order valence-corrected chi connectivity index (χ4v) is 6.75. The number of rotatable bonds is 4. The number of benzene rings is 2. The second kappa shape index (κ2) is 8.65. The van der Waals surface area contributed by atoms with Crippen molar-refractivity contribution in [3.63, 3.8) is 0 Å². The second-order valence-corrected chi connectivity index (χ2v) is 10.8.